The molecule has 0 aromatic heterocycles. The van der Waals surface area contributed by atoms with Gasteiger partial charge in [-0.3, -0.25) is 9.59 Å². The van der Waals surface area contributed by atoms with E-state index in [1.807, 2.05) is 30.3 Å². The summed E-state index contributed by atoms with van der Waals surface area (Å²) in [6.45, 7) is 4.16. The number of fused-ring (bicyclic) bond motifs is 1. The highest BCUT2D eigenvalue weighted by molar-refractivity contribution is 7.99. The molecule has 0 radical (unpaired) electrons. The number of carbonyl (C=O) groups is 2. The van der Waals surface area contributed by atoms with Gasteiger partial charge in [0.2, 0.25) is 5.91 Å². The number of halogens is 2. The van der Waals surface area contributed by atoms with Crippen molar-refractivity contribution in [2.24, 2.45) is 5.92 Å². The van der Waals surface area contributed by atoms with Crippen molar-refractivity contribution < 1.29 is 23.8 Å². The lowest BCUT2D eigenvalue weighted by Gasteiger charge is -2.30. The molecule has 2 aliphatic heterocycles. The van der Waals surface area contributed by atoms with Crippen LogP contribution in [-0.4, -0.2) is 49.7 Å². The van der Waals surface area contributed by atoms with Crippen molar-refractivity contribution in [2.75, 3.05) is 32.9 Å². The molecule has 2 aliphatic rings. The number of ether oxygens (including phenoxy) is 3. The molecule has 0 aliphatic carbocycles. The summed E-state index contributed by atoms with van der Waals surface area (Å²) < 4.78 is 16.3. The third-order valence-electron chi connectivity index (χ3n) is 5.58. The molecule has 6 nitrogen and oxygen atoms in total. The second-order valence-electron chi connectivity index (χ2n) is 7.90. The summed E-state index contributed by atoms with van der Waals surface area (Å²) in [5, 5.41) is 0.785. The Kier molecular flexibility index (Phi) is 8.29. The van der Waals surface area contributed by atoms with E-state index in [-0.39, 0.29) is 17.8 Å². The topological polar surface area (TPSA) is 65.1 Å². The largest absolute Gasteiger partial charge is 0.486 e. The summed E-state index contributed by atoms with van der Waals surface area (Å²) in [5.74, 6) is 0.744. The summed E-state index contributed by atoms with van der Waals surface area (Å²) in [6, 6.07) is 9.44. The molecule has 2 heterocycles. The maximum Gasteiger partial charge on any atom is 0.310 e. The molecule has 0 saturated carbocycles. The van der Waals surface area contributed by atoms with Crippen LogP contribution in [-0.2, 0) is 14.3 Å². The van der Waals surface area contributed by atoms with E-state index in [9.17, 15) is 9.59 Å². The van der Waals surface area contributed by atoms with Crippen LogP contribution in [0.3, 0.4) is 0 Å². The minimum absolute atomic E-state index is 0.170. The Morgan fingerprint density at radius 2 is 1.94 bits per heavy atom. The Morgan fingerprint density at radius 3 is 2.74 bits per heavy atom. The molecule has 180 valence electrons. The van der Waals surface area contributed by atoms with Crippen LogP contribution in [0.1, 0.15) is 25.3 Å². The molecule has 0 spiro atoms. The number of hydrogen-bond donors (Lipinski definition) is 0. The zero-order valence-electron chi connectivity index (χ0n) is 18.7. The van der Waals surface area contributed by atoms with Crippen LogP contribution >= 0.6 is 35.0 Å². The Balaban J connectivity index is 1.42. The molecule has 1 fully saturated rings. The van der Waals surface area contributed by atoms with Crippen LogP contribution < -0.4 is 9.47 Å². The van der Waals surface area contributed by atoms with E-state index in [2.05, 4.69) is 0 Å². The lowest BCUT2D eigenvalue weighted by Crippen LogP contribution is -2.42. The average molecular weight is 522 g/mol. The first-order valence-electron chi connectivity index (χ1n) is 11.2. The van der Waals surface area contributed by atoms with Gasteiger partial charge in [0.15, 0.2) is 11.5 Å². The highest BCUT2D eigenvalue weighted by Crippen LogP contribution is 2.42. The molecule has 2 aromatic carbocycles. The van der Waals surface area contributed by atoms with Gasteiger partial charge in [-0.05, 0) is 55.7 Å². The Labute approximate surface area is 213 Å². The molecular formula is C25H25Cl2NO5S. The number of likely N-dealkylation sites (tertiary alicyclic amines) is 1. The Morgan fingerprint density at radius 1 is 1.15 bits per heavy atom. The van der Waals surface area contributed by atoms with Crippen LogP contribution in [0.5, 0.6) is 11.5 Å². The fourth-order valence-corrected chi connectivity index (χ4v) is 5.32. The molecule has 1 atom stereocenters. The van der Waals surface area contributed by atoms with Crippen LogP contribution in [0.4, 0.5) is 0 Å². The van der Waals surface area contributed by atoms with E-state index in [0.29, 0.717) is 54.3 Å². The van der Waals surface area contributed by atoms with Crippen LogP contribution in [0.15, 0.2) is 46.2 Å². The molecule has 34 heavy (non-hydrogen) atoms. The van der Waals surface area contributed by atoms with Gasteiger partial charge in [0, 0.05) is 29.0 Å². The van der Waals surface area contributed by atoms with Crippen LogP contribution in [0.25, 0.3) is 6.08 Å². The molecule has 0 N–H and O–H groups in total. The summed E-state index contributed by atoms with van der Waals surface area (Å²) in [6.07, 6.45) is 4.62. The lowest BCUT2D eigenvalue weighted by molar-refractivity contribution is -0.150. The van der Waals surface area contributed by atoms with Crippen molar-refractivity contribution in [3.8, 4) is 11.5 Å². The van der Waals surface area contributed by atoms with Crippen molar-refractivity contribution in [3.05, 3.63) is 52.0 Å². The first-order chi connectivity index (χ1) is 16.5. The van der Waals surface area contributed by atoms with Crippen molar-refractivity contribution in [1.82, 2.24) is 4.90 Å². The monoisotopic (exact) mass is 521 g/mol. The van der Waals surface area contributed by atoms with Crippen LogP contribution in [0.2, 0.25) is 10.0 Å². The first-order valence-corrected chi connectivity index (χ1v) is 12.7. The van der Waals surface area contributed by atoms with Crippen molar-refractivity contribution >= 4 is 52.9 Å². The van der Waals surface area contributed by atoms with E-state index in [0.717, 1.165) is 28.4 Å². The molecule has 4 rings (SSSR count). The first kappa shape index (κ1) is 24.8. The number of hydrogen-bond acceptors (Lipinski definition) is 6. The van der Waals surface area contributed by atoms with E-state index < -0.39 is 0 Å². The minimum atomic E-state index is -0.277. The normalized spacial score (nSPS) is 17.6. The number of rotatable bonds is 6. The predicted octanol–water partition coefficient (Wildman–Crippen LogP) is 5.73. The SMILES string of the molecule is CCOC(=O)C1CCCN(C(=O)C=Cc2ccc(Sc3ccc4c(c3)OCCO4)c(Cl)c2Cl)C1. The Bertz CT molecular complexity index is 1110. The molecule has 1 unspecified atom stereocenters. The average Bonchev–Trinajstić information content (AvgIpc) is 2.86. The van der Waals surface area contributed by atoms with E-state index in [4.69, 9.17) is 37.4 Å². The van der Waals surface area contributed by atoms with Gasteiger partial charge >= 0.3 is 5.97 Å². The number of piperidine rings is 1. The molecular weight excluding hydrogens is 497 g/mol. The summed E-state index contributed by atoms with van der Waals surface area (Å²) in [7, 11) is 0. The molecule has 1 amide bonds. The zero-order valence-corrected chi connectivity index (χ0v) is 21.0. The predicted molar refractivity (Wildman–Crippen MR) is 133 cm³/mol. The molecule has 1 saturated heterocycles. The third-order valence-corrected chi connectivity index (χ3v) is 7.63. The van der Waals surface area contributed by atoms with Crippen LogP contribution in [0, 0.1) is 5.92 Å². The van der Waals surface area contributed by atoms with Gasteiger partial charge in [-0.2, -0.15) is 0 Å². The number of benzene rings is 2. The van der Waals surface area contributed by atoms with Gasteiger partial charge in [-0.15, -0.1) is 0 Å². The highest BCUT2D eigenvalue weighted by atomic mass is 35.5. The fraction of sp³-hybridized carbons (Fsp3) is 0.360. The fourth-order valence-electron chi connectivity index (χ4n) is 3.86. The van der Waals surface area contributed by atoms with Gasteiger partial charge in [0.1, 0.15) is 13.2 Å². The van der Waals surface area contributed by atoms with Crippen molar-refractivity contribution in [1.29, 1.82) is 0 Å². The second kappa shape index (κ2) is 11.4. The molecule has 9 heteroatoms. The number of nitrogens with zero attached hydrogens (tertiary/aromatic N) is 1. The van der Waals surface area contributed by atoms with E-state index >= 15 is 0 Å². The van der Waals surface area contributed by atoms with Gasteiger partial charge in [0.05, 0.1) is 22.6 Å². The number of esters is 1. The molecule has 0 bridgehead atoms. The van der Waals surface area contributed by atoms with Gasteiger partial charge < -0.3 is 19.1 Å². The van der Waals surface area contributed by atoms with E-state index in [1.165, 1.54) is 17.8 Å². The number of carbonyl (C=O) groups excluding carboxylic acids is 2. The standard InChI is InChI=1S/C25H25Cl2NO5S/c1-2-31-25(30)17-4-3-11-28(15-17)22(29)10-6-16-5-9-21(24(27)23(16)26)34-18-7-8-19-20(14-18)33-13-12-32-19/h5-10,14,17H,2-4,11-13,15H2,1H3. The second-order valence-corrected chi connectivity index (χ2v) is 9.77. The lowest BCUT2D eigenvalue weighted by atomic mass is 9.98. The maximum absolute atomic E-state index is 12.7. The van der Waals surface area contributed by atoms with Crippen molar-refractivity contribution in [3.63, 3.8) is 0 Å². The number of amides is 1. The van der Waals surface area contributed by atoms with Gasteiger partial charge in [-0.25, -0.2) is 0 Å². The summed E-state index contributed by atoms with van der Waals surface area (Å²) in [4.78, 5) is 28.1. The smallest absolute Gasteiger partial charge is 0.310 e. The van der Waals surface area contributed by atoms with E-state index in [1.54, 1.807) is 17.9 Å². The minimum Gasteiger partial charge on any atom is -0.486 e. The maximum atomic E-state index is 12.7. The van der Waals surface area contributed by atoms with Crippen molar-refractivity contribution in [2.45, 2.75) is 29.6 Å². The van der Waals surface area contributed by atoms with Gasteiger partial charge in [0.25, 0.3) is 0 Å². The van der Waals surface area contributed by atoms with Gasteiger partial charge in [-0.1, -0.05) is 41.0 Å². The summed E-state index contributed by atoms with van der Waals surface area (Å²) >= 11 is 14.5. The highest BCUT2D eigenvalue weighted by Gasteiger charge is 2.28. The quantitative estimate of drug-likeness (QED) is 0.357. The Hall–Kier alpha value is -2.35. The molecule has 2 aromatic rings. The third kappa shape index (κ3) is 5.82. The summed E-state index contributed by atoms with van der Waals surface area (Å²) in [5.41, 5.74) is 0.644. The zero-order chi connectivity index (χ0) is 24.1.